The average Bonchev–Trinajstić information content (AvgIpc) is 3.11. The smallest absolute Gasteiger partial charge is 0.308 e. The van der Waals surface area contributed by atoms with Crippen LogP contribution in [0.4, 0.5) is 0 Å². The number of carbonyl (C=O) groups excluding carboxylic acids is 2. The van der Waals surface area contributed by atoms with Crippen molar-refractivity contribution in [3.8, 4) is 11.4 Å². The minimum Gasteiger partial charge on any atom is -0.469 e. The summed E-state index contributed by atoms with van der Waals surface area (Å²) < 4.78 is 4.87. The Morgan fingerprint density at radius 2 is 2.08 bits per heavy atom. The highest BCUT2D eigenvalue weighted by atomic mass is 16.5. The van der Waals surface area contributed by atoms with Gasteiger partial charge in [0.25, 0.3) is 0 Å². The van der Waals surface area contributed by atoms with Crippen molar-refractivity contribution in [2.45, 2.75) is 31.7 Å². The van der Waals surface area contributed by atoms with Crippen LogP contribution in [0.1, 0.15) is 35.4 Å². The fourth-order valence-corrected chi connectivity index (χ4v) is 3.91. The monoisotopic (exact) mass is 355 g/mol. The van der Waals surface area contributed by atoms with Crippen LogP contribution >= 0.6 is 0 Å². The van der Waals surface area contributed by atoms with E-state index in [4.69, 9.17) is 4.74 Å². The second kappa shape index (κ2) is 6.28. The van der Waals surface area contributed by atoms with Crippen LogP contribution in [-0.2, 0) is 9.53 Å². The predicted molar refractivity (Wildman–Crippen MR) is 92.3 cm³/mol. The summed E-state index contributed by atoms with van der Waals surface area (Å²) in [5.41, 5.74) is 2.33. The number of rotatable bonds is 4. The fraction of sp³-hybridized carbons (Fsp3) is 0.500. The summed E-state index contributed by atoms with van der Waals surface area (Å²) in [6.07, 6.45) is 3.61. The van der Waals surface area contributed by atoms with Crippen molar-refractivity contribution in [3.05, 3.63) is 29.8 Å². The normalized spacial score (nSPS) is 27.3. The van der Waals surface area contributed by atoms with E-state index in [1.54, 1.807) is 6.07 Å². The third-order valence-electron chi connectivity index (χ3n) is 5.42. The first kappa shape index (κ1) is 16.8. The molecule has 3 atom stereocenters. The summed E-state index contributed by atoms with van der Waals surface area (Å²) in [6, 6.07) is 3.56. The van der Waals surface area contributed by atoms with Crippen LogP contribution < -0.4 is 5.32 Å². The van der Waals surface area contributed by atoms with Gasteiger partial charge in [-0.3, -0.25) is 14.7 Å². The number of nitrogens with one attached hydrogen (secondary N) is 2. The third-order valence-corrected chi connectivity index (χ3v) is 5.42. The fourth-order valence-electron chi connectivity index (χ4n) is 3.91. The molecule has 2 aliphatic rings. The van der Waals surface area contributed by atoms with Gasteiger partial charge in [0, 0.05) is 17.2 Å². The number of esters is 1. The highest BCUT2D eigenvalue weighted by Crippen LogP contribution is 2.51. The number of piperidine rings is 1. The number of ether oxygens (including phenoxy) is 1. The van der Waals surface area contributed by atoms with Gasteiger partial charge in [-0.2, -0.15) is 5.10 Å². The highest BCUT2D eigenvalue weighted by Gasteiger charge is 2.60. The number of aryl methyl sites for hydroxylation is 1. The SMILES string of the molecule is COC(=O)C1CCNC2(C1)CC2C(=O)c1cc(-c2cc(C)ncn2)n[nH]1. The van der Waals surface area contributed by atoms with E-state index < -0.39 is 0 Å². The summed E-state index contributed by atoms with van der Waals surface area (Å²) in [6.45, 7) is 2.60. The van der Waals surface area contributed by atoms with Crippen molar-refractivity contribution in [2.24, 2.45) is 11.8 Å². The van der Waals surface area contributed by atoms with E-state index >= 15 is 0 Å². The molecule has 0 aromatic carbocycles. The molecule has 8 nitrogen and oxygen atoms in total. The molecule has 1 aliphatic heterocycles. The Balaban J connectivity index is 1.49. The van der Waals surface area contributed by atoms with Crippen LogP contribution in [0.5, 0.6) is 0 Å². The van der Waals surface area contributed by atoms with E-state index in [9.17, 15) is 9.59 Å². The lowest BCUT2D eigenvalue weighted by molar-refractivity contribution is -0.146. The van der Waals surface area contributed by atoms with Gasteiger partial charge in [-0.05, 0) is 44.9 Å². The number of aromatic amines is 1. The summed E-state index contributed by atoms with van der Waals surface area (Å²) in [7, 11) is 1.41. The van der Waals surface area contributed by atoms with Gasteiger partial charge in [0.05, 0.1) is 18.7 Å². The maximum atomic E-state index is 12.9. The Labute approximate surface area is 150 Å². The zero-order chi connectivity index (χ0) is 18.3. The maximum absolute atomic E-state index is 12.9. The zero-order valence-corrected chi connectivity index (χ0v) is 14.8. The first-order valence-corrected chi connectivity index (χ1v) is 8.74. The molecule has 2 fully saturated rings. The van der Waals surface area contributed by atoms with Gasteiger partial charge < -0.3 is 10.1 Å². The van der Waals surface area contributed by atoms with Gasteiger partial charge in [-0.15, -0.1) is 0 Å². The molecule has 2 aromatic rings. The van der Waals surface area contributed by atoms with E-state index in [2.05, 4.69) is 25.5 Å². The minimum absolute atomic E-state index is 0.0209. The molecule has 26 heavy (non-hydrogen) atoms. The molecule has 1 spiro atoms. The summed E-state index contributed by atoms with van der Waals surface area (Å²) in [5, 5.41) is 10.5. The number of aromatic nitrogens is 4. The van der Waals surface area contributed by atoms with E-state index in [-0.39, 0.29) is 29.1 Å². The topological polar surface area (TPSA) is 110 Å². The molecule has 136 valence electrons. The first-order chi connectivity index (χ1) is 12.5. The largest absolute Gasteiger partial charge is 0.469 e. The van der Waals surface area contributed by atoms with Gasteiger partial charge in [-0.1, -0.05) is 0 Å². The molecule has 0 radical (unpaired) electrons. The first-order valence-electron chi connectivity index (χ1n) is 8.74. The predicted octanol–water partition coefficient (Wildman–Crippen LogP) is 1.29. The van der Waals surface area contributed by atoms with Gasteiger partial charge >= 0.3 is 5.97 Å². The molecule has 0 amide bonds. The van der Waals surface area contributed by atoms with Crippen LogP contribution in [0.25, 0.3) is 11.4 Å². The number of carbonyl (C=O) groups is 2. The standard InChI is InChI=1S/C18H21N5O3/c1-10-5-13(20-9-19-10)14-6-15(23-22-14)16(24)12-8-18(12)7-11(3-4-21-18)17(25)26-2/h5-6,9,11-12,21H,3-4,7-8H2,1-2H3,(H,22,23). The van der Waals surface area contributed by atoms with Crippen molar-refractivity contribution in [2.75, 3.05) is 13.7 Å². The summed E-state index contributed by atoms with van der Waals surface area (Å²) in [4.78, 5) is 33.0. The van der Waals surface area contributed by atoms with Gasteiger partial charge in [0.2, 0.25) is 0 Å². The van der Waals surface area contributed by atoms with Gasteiger partial charge in [-0.25, -0.2) is 9.97 Å². The molecular weight excluding hydrogens is 334 g/mol. The summed E-state index contributed by atoms with van der Waals surface area (Å²) >= 11 is 0. The van der Waals surface area contributed by atoms with Gasteiger partial charge in [0.1, 0.15) is 17.7 Å². The molecule has 4 rings (SSSR count). The number of Topliss-reactive ketones (excluding diaryl/α,β-unsaturated/α-hetero) is 1. The Bertz CT molecular complexity index is 864. The number of nitrogens with zero attached hydrogens (tertiary/aromatic N) is 3. The molecule has 1 saturated heterocycles. The second-order valence-electron chi connectivity index (χ2n) is 7.13. The van der Waals surface area contributed by atoms with E-state index in [0.29, 0.717) is 23.5 Å². The molecule has 1 saturated carbocycles. The molecule has 3 heterocycles. The minimum atomic E-state index is -0.287. The molecular formula is C18H21N5O3. The van der Waals surface area contributed by atoms with Crippen LogP contribution in [0.3, 0.4) is 0 Å². The lowest BCUT2D eigenvalue weighted by atomic mass is 9.88. The molecule has 1 aliphatic carbocycles. The molecule has 3 unspecified atom stereocenters. The molecule has 2 aromatic heterocycles. The van der Waals surface area contributed by atoms with Crippen LogP contribution in [-0.4, -0.2) is 51.1 Å². The van der Waals surface area contributed by atoms with Crippen molar-refractivity contribution in [3.63, 3.8) is 0 Å². The van der Waals surface area contributed by atoms with Crippen LogP contribution in [0.2, 0.25) is 0 Å². The van der Waals surface area contributed by atoms with Crippen molar-refractivity contribution in [1.29, 1.82) is 0 Å². The Morgan fingerprint density at radius 1 is 1.23 bits per heavy atom. The van der Waals surface area contributed by atoms with Crippen LogP contribution in [0.15, 0.2) is 18.5 Å². The lowest BCUT2D eigenvalue weighted by Crippen LogP contribution is -2.45. The Kier molecular flexibility index (Phi) is 4.07. The molecule has 0 bridgehead atoms. The number of H-pyrrole nitrogens is 1. The highest BCUT2D eigenvalue weighted by molar-refractivity contribution is 6.00. The van der Waals surface area contributed by atoms with Crippen molar-refractivity contribution >= 4 is 11.8 Å². The van der Waals surface area contributed by atoms with Crippen molar-refractivity contribution in [1.82, 2.24) is 25.5 Å². The number of hydrogen-bond donors (Lipinski definition) is 2. The average molecular weight is 355 g/mol. The molecule has 2 N–H and O–H groups in total. The van der Waals surface area contributed by atoms with Crippen LogP contribution in [0, 0.1) is 18.8 Å². The van der Waals surface area contributed by atoms with E-state index in [1.807, 2.05) is 13.0 Å². The number of hydrogen-bond acceptors (Lipinski definition) is 7. The second-order valence-corrected chi connectivity index (χ2v) is 7.13. The number of ketones is 1. The van der Waals surface area contributed by atoms with Gasteiger partial charge in [0.15, 0.2) is 5.78 Å². The maximum Gasteiger partial charge on any atom is 0.308 e. The van der Waals surface area contributed by atoms with Crippen molar-refractivity contribution < 1.29 is 14.3 Å². The zero-order valence-electron chi connectivity index (χ0n) is 14.8. The Hall–Kier alpha value is -2.61. The lowest BCUT2D eigenvalue weighted by Gasteiger charge is -2.29. The Morgan fingerprint density at radius 3 is 2.85 bits per heavy atom. The number of methoxy groups -OCH3 is 1. The van der Waals surface area contributed by atoms with E-state index in [0.717, 1.165) is 25.1 Å². The molecule has 8 heteroatoms. The quantitative estimate of drug-likeness (QED) is 0.628. The third kappa shape index (κ3) is 2.90. The van der Waals surface area contributed by atoms with E-state index in [1.165, 1.54) is 13.4 Å². The summed E-state index contributed by atoms with van der Waals surface area (Å²) in [5.74, 6) is -0.449.